The number of rotatable bonds is 4. The van der Waals surface area contributed by atoms with E-state index in [2.05, 4.69) is 19.9 Å². The van der Waals surface area contributed by atoms with Gasteiger partial charge in [0.15, 0.2) is 0 Å². The molecule has 0 radical (unpaired) electrons. The van der Waals surface area contributed by atoms with Crippen molar-refractivity contribution in [2.75, 3.05) is 13.7 Å². The zero-order valence-electron chi connectivity index (χ0n) is 16.1. The van der Waals surface area contributed by atoms with Crippen molar-refractivity contribution in [1.82, 2.24) is 19.9 Å². The molecule has 0 aliphatic carbocycles. The molecule has 1 aromatic carbocycles. The number of benzene rings is 1. The highest BCUT2D eigenvalue weighted by atomic mass is 35.5. The first-order valence-corrected chi connectivity index (χ1v) is 9.64. The van der Waals surface area contributed by atoms with Crippen molar-refractivity contribution >= 4 is 11.6 Å². The minimum absolute atomic E-state index is 0.451. The number of methoxy groups -OCH3 is 1. The van der Waals surface area contributed by atoms with Crippen LogP contribution in [-0.2, 0) is 25.7 Å². The molecule has 0 saturated heterocycles. The molecule has 0 saturated carbocycles. The van der Waals surface area contributed by atoms with Crippen LogP contribution in [0.25, 0.3) is 11.3 Å². The lowest BCUT2D eigenvalue weighted by Crippen LogP contribution is -2.31. The molecule has 0 spiro atoms. The van der Waals surface area contributed by atoms with Crippen LogP contribution in [0.2, 0.25) is 5.02 Å². The van der Waals surface area contributed by atoms with Crippen LogP contribution in [0.15, 0.2) is 42.7 Å². The largest absolute Gasteiger partial charge is 0.496 e. The molecule has 156 valence electrons. The van der Waals surface area contributed by atoms with E-state index in [0.717, 1.165) is 22.4 Å². The van der Waals surface area contributed by atoms with Crippen LogP contribution >= 0.6 is 11.6 Å². The zero-order valence-corrected chi connectivity index (χ0v) is 16.8. The van der Waals surface area contributed by atoms with E-state index in [4.69, 9.17) is 16.3 Å². The van der Waals surface area contributed by atoms with Gasteiger partial charge in [0.05, 0.1) is 18.5 Å². The van der Waals surface area contributed by atoms with E-state index in [-0.39, 0.29) is 0 Å². The van der Waals surface area contributed by atoms with Crippen LogP contribution in [-0.4, -0.2) is 33.5 Å². The van der Waals surface area contributed by atoms with E-state index in [9.17, 15) is 13.2 Å². The van der Waals surface area contributed by atoms with Gasteiger partial charge in [-0.05, 0) is 29.8 Å². The molecule has 0 atom stereocenters. The van der Waals surface area contributed by atoms with E-state index in [1.165, 1.54) is 6.20 Å². The van der Waals surface area contributed by atoms with Gasteiger partial charge in [-0.15, -0.1) is 0 Å². The Morgan fingerprint density at radius 1 is 1.13 bits per heavy atom. The Morgan fingerprint density at radius 3 is 2.67 bits per heavy atom. The van der Waals surface area contributed by atoms with Crippen molar-refractivity contribution in [2.45, 2.75) is 25.7 Å². The molecule has 1 aliphatic heterocycles. The molecular weight excluding hydrogens is 417 g/mol. The second kappa shape index (κ2) is 8.20. The third-order valence-electron chi connectivity index (χ3n) is 4.93. The second-order valence-electron chi connectivity index (χ2n) is 7.02. The van der Waals surface area contributed by atoms with Crippen LogP contribution in [0, 0.1) is 0 Å². The number of alkyl halides is 3. The summed E-state index contributed by atoms with van der Waals surface area (Å²) in [5, 5.41) is 0.597. The number of fused-ring (bicyclic) bond motifs is 1. The van der Waals surface area contributed by atoms with Gasteiger partial charge in [-0.2, -0.15) is 13.2 Å². The molecule has 0 unspecified atom stereocenters. The number of hydrogen-bond acceptors (Lipinski definition) is 5. The lowest BCUT2D eigenvalue weighted by molar-refractivity contribution is -0.145. The summed E-state index contributed by atoms with van der Waals surface area (Å²) in [6, 6.07) is 9.24. The molecule has 2 aromatic heterocycles. The Kier molecular flexibility index (Phi) is 5.62. The highest BCUT2D eigenvalue weighted by Crippen LogP contribution is 2.32. The van der Waals surface area contributed by atoms with Gasteiger partial charge in [0, 0.05) is 54.6 Å². The van der Waals surface area contributed by atoms with Crippen LogP contribution in [0.4, 0.5) is 13.2 Å². The van der Waals surface area contributed by atoms with Gasteiger partial charge in [-0.1, -0.05) is 17.7 Å². The van der Waals surface area contributed by atoms with E-state index >= 15 is 0 Å². The maximum absolute atomic E-state index is 12.8. The summed E-state index contributed by atoms with van der Waals surface area (Å²) in [6.45, 7) is 1.74. The molecule has 4 rings (SSSR count). The predicted molar refractivity (Wildman–Crippen MR) is 106 cm³/mol. The van der Waals surface area contributed by atoms with Crippen LogP contribution in [0.1, 0.15) is 22.6 Å². The summed E-state index contributed by atoms with van der Waals surface area (Å²) in [5.74, 6) is -0.392. The third-order valence-corrected chi connectivity index (χ3v) is 5.17. The summed E-state index contributed by atoms with van der Waals surface area (Å²) in [4.78, 5) is 13.8. The first-order valence-electron chi connectivity index (χ1n) is 9.26. The zero-order chi connectivity index (χ0) is 21.3. The number of ether oxygens (including phenoxy) is 1. The molecule has 30 heavy (non-hydrogen) atoms. The average molecular weight is 435 g/mol. The van der Waals surface area contributed by atoms with Gasteiger partial charge < -0.3 is 4.74 Å². The summed E-state index contributed by atoms with van der Waals surface area (Å²) >= 11 is 6.10. The SMILES string of the molecule is COc1ccc(Cl)cc1-c1ccc(CN2CCc3nc(C(F)(F)F)ncc3C2)cn1. The van der Waals surface area contributed by atoms with Crippen molar-refractivity contribution in [1.29, 1.82) is 0 Å². The van der Waals surface area contributed by atoms with E-state index in [1.807, 2.05) is 12.1 Å². The molecule has 1 aliphatic rings. The number of halogens is 4. The Balaban J connectivity index is 1.47. The highest BCUT2D eigenvalue weighted by Gasteiger charge is 2.35. The van der Waals surface area contributed by atoms with Crippen LogP contribution in [0.3, 0.4) is 0 Å². The van der Waals surface area contributed by atoms with Crippen molar-refractivity contribution in [3.05, 3.63) is 70.4 Å². The summed E-state index contributed by atoms with van der Waals surface area (Å²) in [7, 11) is 1.59. The minimum atomic E-state index is -4.52. The fraction of sp³-hybridized carbons (Fsp3) is 0.286. The van der Waals surface area contributed by atoms with E-state index in [1.54, 1.807) is 31.5 Å². The number of hydrogen-bond donors (Lipinski definition) is 0. The van der Waals surface area contributed by atoms with Gasteiger partial charge >= 0.3 is 6.18 Å². The molecule has 3 aromatic rings. The molecule has 5 nitrogen and oxygen atoms in total. The van der Waals surface area contributed by atoms with Gasteiger partial charge in [0.1, 0.15) is 5.75 Å². The van der Waals surface area contributed by atoms with Crippen molar-refractivity contribution in [2.24, 2.45) is 0 Å². The Morgan fingerprint density at radius 2 is 1.97 bits per heavy atom. The minimum Gasteiger partial charge on any atom is -0.496 e. The molecule has 0 amide bonds. The van der Waals surface area contributed by atoms with Crippen molar-refractivity contribution in [3.8, 4) is 17.0 Å². The van der Waals surface area contributed by atoms with Gasteiger partial charge in [-0.3, -0.25) is 9.88 Å². The Hall–Kier alpha value is -2.71. The Bertz CT molecular complexity index is 1060. The van der Waals surface area contributed by atoms with Crippen LogP contribution in [0.5, 0.6) is 5.75 Å². The first-order chi connectivity index (χ1) is 14.3. The molecule has 3 heterocycles. The molecule has 9 heteroatoms. The number of aromatic nitrogens is 3. The maximum atomic E-state index is 12.8. The van der Waals surface area contributed by atoms with Gasteiger partial charge in [0.2, 0.25) is 5.82 Å². The monoisotopic (exact) mass is 434 g/mol. The smallest absolute Gasteiger partial charge is 0.451 e. The molecule has 0 fully saturated rings. The lowest BCUT2D eigenvalue weighted by atomic mass is 10.1. The van der Waals surface area contributed by atoms with E-state index < -0.39 is 12.0 Å². The fourth-order valence-corrected chi connectivity index (χ4v) is 3.63. The van der Waals surface area contributed by atoms with Crippen molar-refractivity contribution in [3.63, 3.8) is 0 Å². The third kappa shape index (κ3) is 4.39. The molecule has 0 bridgehead atoms. The van der Waals surface area contributed by atoms with E-state index in [0.29, 0.717) is 42.5 Å². The summed E-state index contributed by atoms with van der Waals surface area (Å²) < 4.78 is 43.7. The van der Waals surface area contributed by atoms with Crippen LogP contribution < -0.4 is 4.74 Å². The topological polar surface area (TPSA) is 51.1 Å². The summed E-state index contributed by atoms with van der Waals surface area (Å²) in [5.41, 5.74) is 3.74. The fourth-order valence-electron chi connectivity index (χ4n) is 3.46. The number of pyridine rings is 1. The maximum Gasteiger partial charge on any atom is 0.451 e. The quantitative estimate of drug-likeness (QED) is 0.591. The second-order valence-corrected chi connectivity index (χ2v) is 7.46. The average Bonchev–Trinajstić information content (AvgIpc) is 2.73. The van der Waals surface area contributed by atoms with Gasteiger partial charge in [0.25, 0.3) is 0 Å². The standard InChI is InChI=1S/C21H18ClF3N4O/c1-30-19-5-3-15(22)8-16(19)18-4-2-13(9-26-18)11-29-7-6-17-14(12-29)10-27-20(28-17)21(23,24)25/h2-5,8-10H,6-7,11-12H2,1H3. The molecule has 0 N–H and O–H groups in total. The lowest BCUT2D eigenvalue weighted by Gasteiger charge is -2.28. The summed E-state index contributed by atoms with van der Waals surface area (Å²) in [6.07, 6.45) is -1.00. The predicted octanol–water partition coefficient (Wildman–Crippen LogP) is 4.78. The van der Waals surface area contributed by atoms with Gasteiger partial charge in [-0.25, -0.2) is 9.97 Å². The normalized spacial score (nSPS) is 14.4. The number of nitrogens with zero attached hydrogens (tertiary/aromatic N) is 4. The van der Waals surface area contributed by atoms with Crippen molar-refractivity contribution < 1.29 is 17.9 Å². The highest BCUT2D eigenvalue weighted by molar-refractivity contribution is 6.30. The Labute approximate surface area is 176 Å². The molecular formula is C21H18ClF3N4O. The first kappa shape index (κ1) is 20.6.